The van der Waals surface area contributed by atoms with Gasteiger partial charge < -0.3 is 9.47 Å². The van der Waals surface area contributed by atoms with E-state index in [4.69, 9.17) is 9.47 Å². The highest BCUT2D eigenvalue weighted by Gasteiger charge is 2.61. The van der Waals surface area contributed by atoms with Crippen LogP contribution in [0.5, 0.6) is 0 Å². The van der Waals surface area contributed by atoms with Gasteiger partial charge in [0.05, 0.1) is 12.2 Å². The molecule has 3 aliphatic heterocycles. The minimum Gasteiger partial charge on any atom is -0.393 e. The zero-order valence-electron chi connectivity index (χ0n) is 17.4. The molecule has 0 radical (unpaired) electrons. The Morgan fingerprint density at radius 1 is 1.07 bits per heavy atom. The molecule has 0 aromatic heterocycles. The van der Waals surface area contributed by atoms with Gasteiger partial charge in [-0.05, 0) is 48.3 Å². The van der Waals surface area contributed by atoms with Crippen molar-refractivity contribution < 1.29 is 23.9 Å². The Kier molecular flexibility index (Phi) is 3.93. The molecule has 1 saturated carbocycles. The lowest BCUT2D eigenvalue weighted by atomic mass is 9.48. The lowest BCUT2D eigenvalue weighted by molar-refractivity contribution is -0.156. The minimum atomic E-state index is -0.515. The summed E-state index contributed by atoms with van der Waals surface area (Å²) in [5, 5.41) is 0. The van der Waals surface area contributed by atoms with Crippen LogP contribution in [0.2, 0.25) is 0 Å². The third-order valence-electron chi connectivity index (χ3n) is 8.12. The Morgan fingerprint density at radius 2 is 1.79 bits per heavy atom. The van der Waals surface area contributed by atoms with Crippen LogP contribution in [-0.2, 0) is 23.9 Å². The van der Waals surface area contributed by atoms with E-state index in [1.54, 1.807) is 0 Å². The molecule has 0 spiro atoms. The van der Waals surface area contributed by atoms with E-state index in [1.807, 2.05) is 19.1 Å². The number of carbonyl (C=O) groups excluding carboxylic acids is 3. The Bertz CT molecular complexity index is 906. The largest absolute Gasteiger partial charge is 0.393 e. The normalized spacial score (nSPS) is 45.2. The molecule has 29 heavy (non-hydrogen) atoms. The van der Waals surface area contributed by atoms with Gasteiger partial charge >= 0.3 is 11.9 Å². The van der Waals surface area contributed by atoms with E-state index in [9.17, 15) is 14.4 Å². The van der Waals surface area contributed by atoms with Gasteiger partial charge in [0.15, 0.2) is 5.78 Å². The van der Waals surface area contributed by atoms with Gasteiger partial charge in [0.1, 0.15) is 11.8 Å². The number of ether oxygens (including phenoxy) is 2. The van der Waals surface area contributed by atoms with Gasteiger partial charge in [-0.2, -0.15) is 0 Å². The molecule has 2 aliphatic carbocycles. The lowest BCUT2D eigenvalue weighted by Gasteiger charge is -2.55. The number of cyclic esters (lactones) is 2. The smallest absolute Gasteiger partial charge is 0.320 e. The van der Waals surface area contributed by atoms with Crippen LogP contribution in [0.1, 0.15) is 47.0 Å². The number of hydrogen-bond acceptors (Lipinski definition) is 5. The number of esters is 2. The monoisotopic (exact) mass is 396 g/mol. The Labute approximate surface area is 171 Å². The fraction of sp³-hybridized carbons (Fsp3) is 0.625. The van der Waals surface area contributed by atoms with Crippen LogP contribution in [0, 0.1) is 34.5 Å². The number of ketones is 1. The molecule has 3 fully saturated rings. The maximum absolute atomic E-state index is 12.9. The van der Waals surface area contributed by atoms with Crippen molar-refractivity contribution in [3.05, 3.63) is 35.5 Å². The number of fused-ring (bicyclic) bond motifs is 6. The molecule has 154 valence electrons. The maximum atomic E-state index is 12.9. The van der Waals surface area contributed by atoms with Crippen molar-refractivity contribution in [2.24, 2.45) is 34.5 Å². The van der Waals surface area contributed by atoms with Gasteiger partial charge in [-0.1, -0.05) is 44.9 Å². The summed E-state index contributed by atoms with van der Waals surface area (Å²) in [4.78, 5) is 36.9. The van der Waals surface area contributed by atoms with Gasteiger partial charge in [0.25, 0.3) is 0 Å². The van der Waals surface area contributed by atoms with E-state index >= 15 is 0 Å². The molecule has 0 N–H and O–H groups in total. The Balaban J connectivity index is 1.46. The first kappa shape index (κ1) is 19.0. The molecular formula is C24H28O5. The lowest BCUT2D eigenvalue weighted by Crippen LogP contribution is -2.52. The molecule has 5 heteroatoms. The first-order valence-electron chi connectivity index (χ1n) is 10.7. The highest BCUT2D eigenvalue weighted by Crippen LogP contribution is 2.59. The van der Waals surface area contributed by atoms with Gasteiger partial charge in [0, 0.05) is 11.8 Å². The summed E-state index contributed by atoms with van der Waals surface area (Å²) < 4.78 is 10.7. The summed E-state index contributed by atoms with van der Waals surface area (Å²) in [7, 11) is 0. The number of allylic oxidation sites excluding steroid dienone is 3. The highest BCUT2D eigenvalue weighted by molar-refractivity contribution is 5.98. The first-order valence-corrected chi connectivity index (χ1v) is 10.7. The quantitative estimate of drug-likeness (QED) is 0.527. The van der Waals surface area contributed by atoms with Gasteiger partial charge in [-0.3, -0.25) is 14.4 Å². The third-order valence-corrected chi connectivity index (χ3v) is 8.12. The molecule has 7 atom stereocenters. The van der Waals surface area contributed by atoms with Crippen molar-refractivity contribution >= 4 is 17.7 Å². The van der Waals surface area contributed by atoms with E-state index in [0.29, 0.717) is 0 Å². The molecule has 2 saturated heterocycles. The molecule has 5 rings (SSSR count). The molecular weight excluding hydrogens is 368 g/mol. The summed E-state index contributed by atoms with van der Waals surface area (Å²) >= 11 is 0. The summed E-state index contributed by atoms with van der Waals surface area (Å²) in [5.41, 5.74) is 1.92. The predicted octanol–water partition coefficient (Wildman–Crippen LogP) is 3.54. The zero-order chi connectivity index (χ0) is 20.7. The van der Waals surface area contributed by atoms with Crippen LogP contribution in [-0.4, -0.2) is 29.9 Å². The predicted molar refractivity (Wildman–Crippen MR) is 105 cm³/mol. The van der Waals surface area contributed by atoms with E-state index in [2.05, 4.69) is 32.9 Å². The molecule has 5 nitrogen and oxygen atoms in total. The average Bonchev–Trinajstić information content (AvgIpc) is 3.25. The summed E-state index contributed by atoms with van der Waals surface area (Å²) in [6.45, 7) is 8.75. The van der Waals surface area contributed by atoms with Crippen LogP contribution in [0.25, 0.3) is 0 Å². The van der Waals surface area contributed by atoms with Gasteiger partial charge in [0.2, 0.25) is 0 Å². The zero-order valence-corrected chi connectivity index (χ0v) is 17.4. The fourth-order valence-electron chi connectivity index (χ4n) is 7.03. The SMILES string of the molecule is CC1=CC(=O)[C@H]2C(C)(C)CCC[C@]2(C)[C@H]1/C=C/C1=C[C@@H]2O[C@@H]1[C@H]1C(=O)OC(=O)[C@H]12. The second kappa shape index (κ2) is 6.00. The van der Waals surface area contributed by atoms with Crippen molar-refractivity contribution in [3.63, 3.8) is 0 Å². The minimum absolute atomic E-state index is 0.0105. The van der Waals surface area contributed by atoms with E-state index in [-0.39, 0.29) is 34.6 Å². The van der Waals surface area contributed by atoms with Gasteiger partial charge in [-0.15, -0.1) is 0 Å². The number of carbonyl (C=O) groups is 3. The van der Waals surface area contributed by atoms with E-state index < -0.39 is 29.9 Å². The molecule has 5 aliphatic rings. The molecule has 0 amide bonds. The molecule has 3 heterocycles. The summed E-state index contributed by atoms with van der Waals surface area (Å²) in [6.07, 6.45) is 10.5. The summed E-state index contributed by atoms with van der Waals surface area (Å²) in [6, 6.07) is 0. The van der Waals surface area contributed by atoms with Crippen molar-refractivity contribution in [1.82, 2.24) is 0 Å². The molecule has 0 unspecified atom stereocenters. The Hall–Kier alpha value is -2.01. The molecule has 2 bridgehead atoms. The topological polar surface area (TPSA) is 69.7 Å². The van der Waals surface area contributed by atoms with Crippen LogP contribution in [0.15, 0.2) is 35.5 Å². The maximum Gasteiger partial charge on any atom is 0.320 e. The van der Waals surface area contributed by atoms with E-state index in [0.717, 1.165) is 30.4 Å². The van der Waals surface area contributed by atoms with Crippen molar-refractivity contribution in [2.45, 2.75) is 59.2 Å². The highest BCUT2D eigenvalue weighted by atomic mass is 16.6. The second-order valence-corrected chi connectivity index (χ2v) is 10.4. The molecule has 0 aromatic carbocycles. The van der Waals surface area contributed by atoms with Crippen molar-refractivity contribution in [3.8, 4) is 0 Å². The van der Waals surface area contributed by atoms with Crippen molar-refractivity contribution in [2.75, 3.05) is 0 Å². The van der Waals surface area contributed by atoms with E-state index in [1.165, 1.54) is 0 Å². The Morgan fingerprint density at radius 3 is 2.55 bits per heavy atom. The summed E-state index contributed by atoms with van der Waals surface area (Å²) in [5.74, 6) is -1.49. The second-order valence-electron chi connectivity index (χ2n) is 10.4. The standard InChI is InChI=1S/C24H28O5/c1-12-10-15(25)20-23(2,3)8-5-9-24(20,4)14(12)7-6-13-11-16-17-18(19(13)28-16)22(27)29-21(17)26/h6-7,10-11,14,16-20H,5,8-9H2,1-4H3/b7-6+/t14-,16-,17-,18-,19-,20-,24+/m0/s1. The number of hydrogen-bond donors (Lipinski definition) is 0. The first-order chi connectivity index (χ1) is 13.6. The number of rotatable bonds is 2. The molecule has 0 aromatic rings. The van der Waals surface area contributed by atoms with Gasteiger partial charge in [-0.25, -0.2) is 0 Å². The third kappa shape index (κ3) is 2.52. The van der Waals surface area contributed by atoms with Crippen LogP contribution in [0.4, 0.5) is 0 Å². The fourth-order valence-corrected chi connectivity index (χ4v) is 7.03. The average molecular weight is 396 g/mol. The van der Waals surface area contributed by atoms with Crippen LogP contribution >= 0.6 is 0 Å². The van der Waals surface area contributed by atoms with Crippen molar-refractivity contribution in [1.29, 1.82) is 0 Å². The van der Waals surface area contributed by atoms with Crippen LogP contribution in [0.3, 0.4) is 0 Å². The van der Waals surface area contributed by atoms with Crippen LogP contribution < -0.4 is 0 Å².